The first-order valence-electron chi connectivity index (χ1n) is 7.91. The van der Waals surface area contributed by atoms with Crippen molar-refractivity contribution < 1.29 is 9.53 Å². The summed E-state index contributed by atoms with van der Waals surface area (Å²) in [6.07, 6.45) is 5.37. The van der Waals surface area contributed by atoms with Gasteiger partial charge in [0.2, 0.25) is 5.91 Å². The third-order valence-electron chi connectivity index (χ3n) is 4.48. The lowest BCUT2D eigenvalue weighted by atomic mass is 10.0. The molecule has 1 aliphatic carbocycles. The number of ether oxygens (including phenoxy) is 1. The normalized spacial score (nSPS) is 20.2. The van der Waals surface area contributed by atoms with E-state index in [-0.39, 0.29) is 5.91 Å². The number of nitrogens with one attached hydrogen (secondary N) is 1. The molecule has 1 aromatic carbocycles. The lowest BCUT2D eigenvalue weighted by molar-refractivity contribution is -0.121. The Hall–Kier alpha value is -1.55. The molecule has 4 heteroatoms. The van der Waals surface area contributed by atoms with Crippen LogP contribution in [-0.4, -0.2) is 43.1 Å². The molecule has 0 atom stereocenters. The molecule has 0 radical (unpaired) electrons. The first kappa shape index (κ1) is 14.4. The van der Waals surface area contributed by atoms with E-state index in [0.717, 1.165) is 43.3 Å². The summed E-state index contributed by atoms with van der Waals surface area (Å²) < 4.78 is 5.12. The predicted molar refractivity (Wildman–Crippen MR) is 82.5 cm³/mol. The zero-order valence-corrected chi connectivity index (χ0v) is 12.7. The molecule has 0 unspecified atom stereocenters. The van der Waals surface area contributed by atoms with E-state index in [1.165, 1.54) is 12.8 Å². The standard InChI is InChI=1S/C17H24N2O2/c1-21-16-6-2-13(3-7-16)12-17(20)18-14-8-10-19(11-9-14)15-4-5-15/h2-3,6-7,14-15H,4-5,8-12H2,1H3,(H,18,20). The van der Waals surface area contributed by atoms with Crippen molar-refractivity contribution in [1.82, 2.24) is 10.2 Å². The molecule has 2 fully saturated rings. The van der Waals surface area contributed by atoms with Crippen LogP contribution in [0.5, 0.6) is 5.75 Å². The third-order valence-corrected chi connectivity index (χ3v) is 4.48. The minimum Gasteiger partial charge on any atom is -0.497 e. The molecule has 1 aliphatic heterocycles. The van der Waals surface area contributed by atoms with Gasteiger partial charge in [-0.05, 0) is 43.4 Å². The minimum absolute atomic E-state index is 0.130. The molecular formula is C17H24N2O2. The van der Waals surface area contributed by atoms with Crippen LogP contribution in [-0.2, 0) is 11.2 Å². The summed E-state index contributed by atoms with van der Waals surface area (Å²) in [6, 6.07) is 8.90. The lowest BCUT2D eigenvalue weighted by Gasteiger charge is -2.32. The van der Waals surface area contributed by atoms with E-state index in [1.807, 2.05) is 24.3 Å². The Balaban J connectivity index is 1.43. The molecule has 4 nitrogen and oxygen atoms in total. The average molecular weight is 288 g/mol. The summed E-state index contributed by atoms with van der Waals surface area (Å²) >= 11 is 0. The number of amides is 1. The largest absolute Gasteiger partial charge is 0.497 e. The van der Waals surface area contributed by atoms with Crippen LogP contribution in [0.25, 0.3) is 0 Å². The maximum absolute atomic E-state index is 12.1. The SMILES string of the molecule is COc1ccc(CC(=O)NC2CCN(C3CC3)CC2)cc1. The maximum atomic E-state index is 12.1. The van der Waals surface area contributed by atoms with E-state index in [2.05, 4.69) is 10.2 Å². The summed E-state index contributed by atoms with van der Waals surface area (Å²) in [6.45, 7) is 2.27. The topological polar surface area (TPSA) is 41.6 Å². The highest BCUT2D eigenvalue weighted by Crippen LogP contribution is 2.29. The fourth-order valence-electron chi connectivity index (χ4n) is 3.06. The smallest absolute Gasteiger partial charge is 0.224 e. The second-order valence-electron chi connectivity index (χ2n) is 6.13. The van der Waals surface area contributed by atoms with Crippen LogP contribution in [0.15, 0.2) is 24.3 Å². The van der Waals surface area contributed by atoms with Gasteiger partial charge in [-0.1, -0.05) is 12.1 Å². The first-order chi connectivity index (χ1) is 10.2. The van der Waals surface area contributed by atoms with Crippen molar-refractivity contribution in [3.63, 3.8) is 0 Å². The van der Waals surface area contributed by atoms with Crippen LogP contribution in [0.1, 0.15) is 31.2 Å². The Morgan fingerprint density at radius 1 is 1.19 bits per heavy atom. The first-order valence-corrected chi connectivity index (χ1v) is 7.91. The zero-order valence-electron chi connectivity index (χ0n) is 12.7. The summed E-state index contributed by atoms with van der Waals surface area (Å²) in [5, 5.41) is 3.18. The van der Waals surface area contributed by atoms with Crippen molar-refractivity contribution >= 4 is 5.91 Å². The van der Waals surface area contributed by atoms with Crippen LogP contribution >= 0.6 is 0 Å². The summed E-state index contributed by atoms with van der Waals surface area (Å²) in [5.41, 5.74) is 1.03. The van der Waals surface area contributed by atoms with Gasteiger partial charge in [0.15, 0.2) is 0 Å². The van der Waals surface area contributed by atoms with Gasteiger partial charge in [-0.3, -0.25) is 4.79 Å². The monoisotopic (exact) mass is 288 g/mol. The second kappa shape index (κ2) is 6.48. The van der Waals surface area contributed by atoms with Crippen LogP contribution in [0.4, 0.5) is 0 Å². The number of benzene rings is 1. The van der Waals surface area contributed by atoms with E-state index in [1.54, 1.807) is 7.11 Å². The van der Waals surface area contributed by atoms with Crippen molar-refractivity contribution in [2.45, 2.75) is 44.2 Å². The number of hydrogen-bond acceptors (Lipinski definition) is 3. The van der Waals surface area contributed by atoms with Crippen LogP contribution < -0.4 is 10.1 Å². The molecule has 0 spiro atoms. The molecule has 114 valence electrons. The van der Waals surface area contributed by atoms with Crippen LogP contribution in [0.3, 0.4) is 0 Å². The molecule has 1 N–H and O–H groups in total. The molecular weight excluding hydrogens is 264 g/mol. The summed E-state index contributed by atoms with van der Waals surface area (Å²) in [5.74, 6) is 0.955. The zero-order chi connectivity index (χ0) is 14.7. The molecule has 1 saturated heterocycles. The summed E-state index contributed by atoms with van der Waals surface area (Å²) in [7, 11) is 1.65. The molecule has 1 heterocycles. The van der Waals surface area contributed by atoms with Crippen molar-refractivity contribution in [2.24, 2.45) is 0 Å². The van der Waals surface area contributed by atoms with Gasteiger partial charge in [0.1, 0.15) is 5.75 Å². The minimum atomic E-state index is 0.130. The van der Waals surface area contributed by atoms with Gasteiger partial charge in [-0.15, -0.1) is 0 Å². The summed E-state index contributed by atoms with van der Waals surface area (Å²) in [4.78, 5) is 14.7. The highest BCUT2D eigenvalue weighted by Gasteiger charge is 2.31. The number of piperidine rings is 1. The Labute approximate surface area is 126 Å². The molecule has 2 aliphatic rings. The van der Waals surface area contributed by atoms with E-state index < -0.39 is 0 Å². The van der Waals surface area contributed by atoms with Gasteiger partial charge in [-0.25, -0.2) is 0 Å². The predicted octanol–water partition coefficient (Wildman–Crippen LogP) is 1.98. The van der Waals surface area contributed by atoms with Crippen molar-refractivity contribution in [3.05, 3.63) is 29.8 Å². The fraction of sp³-hybridized carbons (Fsp3) is 0.588. The van der Waals surface area contributed by atoms with E-state index in [0.29, 0.717) is 12.5 Å². The maximum Gasteiger partial charge on any atom is 0.224 e. The van der Waals surface area contributed by atoms with Crippen molar-refractivity contribution in [3.8, 4) is 5.75 Å². The van der Waals surface area contributed by atoms with Gasteiger partial charge in [0.05, 0.1) is 13.5 Å². The number of carbonyl (C=O) groups is 1. The number of likely N-dealkylation sites (tertiary alicyclic amines) is 1. The Morgan fingerprint density at radius 3 is 2.43 bits per heavy atom. The van der Waals surface area contributed by atoms with Crippen molar-refractivity contribution in [1.29, 1.82) is 0 Å². The second-order valence-corrected chi connectivity index (χ2v) is 6.13. The molecule has 1 saturated carbocycles. The Kier molecular flexibility index (Phi) is 4.44. The number of methoxy groups -OCH3 is 1. The highest BCUT2D eigenvalue weighted by atomic mass is 16.5. The molecule has 0 bridgehead atoms. The number of hydrogen-bond donors (Lipinski definition) is 1. The molecule has 21 heavy (non-hydrogen) atoms. The Morgan fingerprint density at radius 2 is 1.86 bits per heavy atom. The van der Waals surface area contributed by atoms with Gasteiger partial charge in [0, 0.05) is 25.2 Å². The third kappa shape index (κ3) is 3.97. The Bertz CT molecular complexity index is 474. The van der Waals surface area contributed by atoms with E-state index in [9.17, 15) is 4.79 Å². The van der Waals surface area contributed by atoms with Gasteiger partial charge in [-0.2, -0.15) is 0 Å². The van der Waals surface area contributed by atoms with Crippen molar-refractivity contribution in [2.75, 3.05) is 20.2 Å². The number of rotatable bonds is 5. The lowest BCUT2D eigenvalue weighted by Crippen LogP contribution is -2.45. The molecule has 3 rings (SSSR count). The number of nitrogens with zero attached hydrogens (tertiary/aromatic N) is 1. The van der Waals surface area contributed by atoms with Crippen LogP contribution in [0.2, 0.25) is 0 Å². The molecule has 0 aromatic heterocycles. The fourth-order valence-corrected chi connectivity index (χ4v) is 3.06. The quantitative estimate of drug-likeness (QED) is 0.901. The number of carbonyl (C=O) groups excluding carboxylic acids is 1. The van der Waals surface area contributed by atoms with Gasteiger partial charge in [0.25, 0.3) is 0 Å². The molecule has 1 amide bonds. The highest BCUT2D eigenvalue weighted by molar-refractivity contribution is 5.78. The average Bonchev–Trinajstić information content (AvgIpc) is 3.33. The van der Waals surface area contributed by atoms with E-state index >= 15 is 0 Å². The molecule has 1 aromatic rings. The van der Waals surface area contributed by atoms with Gasteiger partial charge < -0.3 is 15.0 Å². The van der Waals surface area contributed by atoms with Gasteiger partial charge >= 0.3 is 0 Å². The van der Waals surface area contributed by atoms with E-state index in [4.69, 9.17) is 4.74 Å². The van der Waals surface area contributed by atoms with Crippen LogP contribution in [0, 0.1) is 0 Å².